The highest BCUT2D eigenvalue weighted by Gasteiger charge is 2.75. The van der Waals surface area contributed by atoms with Crippen molar-refractivity contribution in [1.82, 2.24) is 4.98 Å². The third kappa shape index (κ3) is 2.94. The second kappa shape index (κ2) is 7.62. The molecule has 1 aliphatic heterocycles. The molecule has 7 nitrogen and oxygen atoms in total. The van der Waals surface area contributed by atoms with E-state index in [0.29, 0.717) is 18.4 Å². The average molecular weight is 484 g/mol. The Morgan fingerprint density at radius 2 is 2.14 bits per heavy atom. The Kier molecular flexibility index (Phi) is 5.04. The van der Waals surface area contributed by atoms with Crippen LogP contribution in [0.2, 0.25) is 0 Å². The van der Waals surface area contributed by atoms with Gasteiger partial charge >= 0.3 is 0 Å². The first-order valence-electron chi connectivity index (χ1n) is 12.4. The van der Waals surface area contributed by atoms with E-state index in [4.69, 9.17) is 9.47 Å². The number of hydrogen-bond donors (Lipinski definition) is 2. The van der Waals surface area contributed by atoms with E-state index in [1.807, 2.05) is 13.0 Å². The van der Waals surface area contributed by atoms with Crippen LogP contribution in [0, 0.1) is 34.5 Å². The molecule has 0 radical (unpaired) electrons. The van der Waals surface area contributed by atoms with Gasteiger partial charge in [-0.3, -0.25) is 9.59 Å². The largest absolute Gasteiger partial charge is 0.393 e. The van der Waals surface area contributed by atoms with Crippen molar-refractivity contribution in [3.8, 4) is 0 Å². The Morgan fingerprint density at radius 1 is 1.34 bits per heavy atom. The second-order valence-electron chi connectivity index (χ2n) is 11.3. The van der Waals surface area contributed by atoms with Crippen LogP contribution in [0.1, 0.15) is 51.4 Å². The molecule has 0 bridgehead atoms. The molecule has 2 N–H and O–H groups in total. The van der Waals surface area contributed by atoms with Crippen LogP contribution in [0.3, 0.4) is 0 Å². The molecular weight excluding hydrogens is 453 g/mol. The number of Topliss-reactive ketones (excluding diaryl/α,β-unsaturated/α-hetero) is 1. The maximum atomic E-state index is 13.8. The molecule has 5 aliphatic rings. The fraction of sp³-hybridized carbons (Fsp3) is 0.593. The van der Waals surface area contributed by atoms with E-state index in [1.54, 1.807) is 18.2 Å². The number of allylic oxidation sites excluding steroid dienone is 4. The van der Waals surface area contributed by atoms with E-state index in [9.17, 15) is 24.2 Å². The number of aromatic nitrogens is 1. The summed E-state index contributed by atoms with van der Waals surface area (Å²) in [5.74, 6) is -1.17. The lowest BCUT2D eigenvalue weighted by atomic mass is 9.46. The molecular formula is C27H30FNO6. The molecule has 4 fully saturated rings. The van der Waals surface area contributed by atoms with E-state index >= 15 is 0 Å². The number of rotatable bonds is 3. The Balaban J connectivity index is 1.40. The van der Waals surface area contributed by atoms with Crippen molar-refractivity contribution in [3.05, 3.63) is 53.6 Å². The molecule has 1 saturated heterocycles. The monoisotopic (exact) mass is 483 g/mol. The number of nitrogens with zero attached hydrogens (tertiary/aromatic N) is 1. The van der Waals surface area contributed by atoms with Crippen molar-refractivity contribution in [3.63, 3.8) is 0 Å². The minimum atomic E-state index is -1.45. The molecule has 3 saturated carbocycles. The van der Waals surface area contributed by atoms with Crippen LogP contribution in [0.4, 0.5) is 4.39 Å². The third-order valence-electron chi connectivity index (χ3n) is 9.82. The summed E-state index contributed by atoms with van der Waals surface area (Å²) in [7, 11) is 0. The molecule has 1 unspecified atom stereocenters. The summed E-state index contributed by atoms with van der Waals surface area (Å²) < 4.78 is 26.5. The molecule has 8 heteroatoms. The highest BCUT2D eigenvalue weighted by Crippen LogP contribution is 2.70. The number of ketones is 2. The summed E-state index contributed by atoms with van der Waals surface area (Å²) in [5.41, 5.74) is -1.19. The Hall–Kier alpha value is -2.26. The SMILES string of the molecule is C[C@]12C=CC(=O)C=C1CC[C@@H]1[C@@H]2[C@@H](O)C[C@@]2(C)[C@H]1C[C@H]1OC(c3ccnc(F)c3)O[C@]12C(=O)CO. The summed E-state index contributed by atoms with van der Waals surface area (Å²) >= 11 is 0. The number of halogens is 1. The lowest BCUT2D eigenvalue weighted by molar-refractivity contribution is -0.201. The summed E-state index contributed by atoms with van der Waals surface area (Å²) in [5, 5.41) is 21.6. The molecule has 1 aromatic heterocycles. The third-order valence-corrected chi connectivity index (χ3v) is 9.82. The van der Waals surface area contributed by atoms with Crippen LogP contribution in [0.5, 0.6) is 0 Å². The summed E-state index contributed by atoms with van der Waals surface area (Å²) in [6.07, 6.45) is 6.61. The summed E-state index contributed by atoms with van der Waals surface area (Å²) in [6.45, 7) is 3.35. The minimum Gasteiger partial charge on any atom is -0.393 e. The van der Waals surface area contributed by atoms with Gasteiger partial charge in [-0.15, -0.1) is 0 Å². The maximum absolute atomic E-state index is 13.8. The Bertz CT molecular complexity index is 1170. The quantitative estimate of drug-likeness (QED) is 0.637. The van der Waals surface area contributed by atoms with Gasteiger partial charge in [-0.25, -0.2) is 4.98 Å². The first-order chi connectivity index (χ1) is 16.6. The van der Waals surface area contributed by atoms with E-state index in [0.717, 1.165) is 18.4 Å². The van der Waals surface area contributed by atoms with Gasteiger partial charge in [-0.1, -0.05) is 25.5 Å². The van der Waals surface area contributed by atoms with Crippen LogP contribution < -0.4 is 0 Å². The molecule has 2 heterocycles. The fourth-order valence-electron chi connectivity index (χ4n) is 8.40. The zero-order chi connectivity index (χ0) is 24.8. The van der Waals surface area contributed by atoms with Crippen molar-refractivity contribution < 1.29 is 33.7 Å². The van der Waals surface area contributed by atoms with Gasteiger partial charge in [0, 0.05) is 34.6 Å². The number of fused-ring (bicyclic) bond motifs is 7. The first-order valence-corrected chi connectivity index (χ1v) is 12.4. The summed E-state index contributed by atoms with van der Waals surface area (Å²) in [4.78, 5) is 29.1. The highest BCUT2D eigenvalue weighted by atomic mass is 19.1. The van der Waals surface area contributed by atoms with Crippen molar-refractivity contribution in [2.45, 2.75) is 63.6 Å². The normalized spacial score (nSPS) is 45.9. The Morgan fingerprint density at radius 3 is 2.89 bits per heavy atom. The van der Waals surface area contributed by atoms with Gasteiger partial charge in [0.05, 0.1) is 12.2 Å². The van der Waals surface area contributed by atoms with Gasteiger partial charge in [0.1, 0.15) is 6.61 Å². The lowest BCUT2D eigenvalue weighted by Crippen LogP contribution is -2.63. The van der Waals surface area contributed by atoms with Crippen molar-refractivity contribution in [2.24, 2.45) is 28.6 Å². The van der Waals surface area contributed by atoms with Crippen LogP contribution in [0.25, 0.3) is 0 Å². The van der Waals surface area contributed by atoms with E-state index in [2.05, 4.69) is 11.9 Å². The molecule has 186 valence electrons. The molecule has 0 spiro atoms. The number of carbonyl (C=O) groups is 2. The topological polar surface area (TPSA) is 106 Å². The van der Waals surface area contributed by atoms with Gasteiger partial charge in [0.25, 0.3) is 0 Å². The lowest BCUT2D eigenvalue weighted by Gasteiger charge is -2.59. The standard InChI is InChI=1S/C27H30FNO6/c1-25-7-5-16(31)10-15(25)3-4-17-18-11-21-27(20(33)13-30,26(18,2)12-19(32)23(17)25)35-24(34-21)14-6-8-29-22(28)9-14/h5-10,17-19,21,23-24,30,32H,3-4,11-13H2,1-2H3/t17-,18-,19-,21+,23+,24?,25-,26-,27+/m0/s1. The van der Waals surface area contributed by atoms with Crippen molar-refractivity contribution >= 4 is 11.6 Å². The highest BCUT2D eigenvalue weighted by molar-refractivity contribution is 6.01. The minimum absolute atomic E-state index is 0.0101. The smallest absolute Gasteiger partial charge is 0.213 e. The maximum Gasteiger partial charge on any atom is 0.213 e. The zero-order valence-corrected chi connectivity index (χ0v) is 19.8. The van der Waals surface area contributed by atoms with E-state index < -0.39 is 53.3 Å². The van der Waals surface area contributed by atoms with Gasteiger partial charge in [0.15, 0.2) is 23.5 Å². The molecule has 9 atom stereocenters. The first kappa shape index (κ1) is 23.2. The zero-order valence-electron chi connectivity index (χ0n) is 19.8. The van der Waals surface area contributed by atoms with Crippen LogP contribution in [-0.4, -0.2) is 51.2 Å². The predicted octanol–water partition coefficient (Wildman–Crippen LogP) is 2.82. The molecule has 0 aromatic carbocycles. The van der Waals surface area contributed by atoms with E-state index in [1.165, 1.54) is 12.3 Å². The molecule has 6 rings (SSSR count). The molecule has 35 heavy (non-hydrogen) atoms. The van der Waals surface area contributed by atoms with Crippen molar-refractivity contribution in [1.29, 1.82) is 0 Å². The molecule has 1 aromatic rings. The average Bonchev–Trinajstić information content (AvgIpc) is 3.32. The summed E-state index contributed by atoms with van der Waals surface area (Å²) in [6, 6.07) is 2.81. The molecule has 4 aliphatic carbocycles. The number of aliphatic hydroxyl groups excluding tert-OH is 2. The second-order valence-corrected chi connectivity index (χ2v) is 11.3. The van der Waals surface area contributed by atoms with E-state index in [-0.39, 0.29) is 23.5 Å². The number of pyridine rings is 1. The van der Waals surface area contributed by atoms with Crippen LogP contribution >= 0.6 is 0 Å². The molecule has 0 amide bonds. The predicted molar refractivity (Wildman–Crippen MR) is 121 cm³/mol. The van der Waals surface area contributed by atoms with Crippen molar-refractivity contribution in [2.75, 3.05) is 6.61 Å². The number of ether oxygens (including phenoxy) is 2. The van der Waals surface area contributed by atoms with Gasteiger partial charge < -0.3 is 19.7 Å². The van der Waals surface area contributed by atoms with Gasteiger partial charge in [-0.2, -0.15) is 4.39 Å². The number of aliphatic hydroxyl groups is 2. The number of carbonyl (C=O) groups excluding carboxylic acids is 2. The van der Waals surface area contributed by atoms with Gasteiger partial charge in [-0.05, 0) is 55.7 Å². The number of hydrogen-bond acceptors (Lipinski definition) is 7. The van der Waals surface area contributed by atoms with Crippen LogP contribution in [0.15, 0.2) is 42.1 Å². The fourth-order valence-corrected chi connectivity index (χ4v) is 8.40. The van der Waals surface area contributed by atoms with Gasteiger partial charge in [0.2, 0.25) is 5.95 Å². The van der Waals surface area contributed by atoms with Crippen LogP contribution in [-0.2, 0) is 19.1 Å². The Labute approximate surface area is 203 Å².